The largest absolute Gasteiger partial charge is 0.469 e. The molecule has 1 N–H and O–H groups in total. The van der Waals surface area contributed by atoms with E-state index in [2.05, 4.69) is 4.74 Å². The first-order chi connectivity index (χ1) is 8.58. The minimum Gasteiger partial charge on any atom is -0.469 e. The fourth-order valence-electron chi connectivity index (χ4n) is 1.95. The van der Waals surface area contributed by atoms with E-state index in [4.69, 9.17) is 4.74 Å². The Hall–Kier alpha value is -1.30. The molecular formula is C12H21NO5. The molecule has 0 spiro atoms. The summed E-state index contributed by atoms with van der Waals surface area (Å²) in [5.41, 5.74) is 0. The number of ether oxygens (including phenoxy) is 2. The fourth-order valence-corrected chi connectivity index (χ4v) is 1.95. The van der Waals surface area contributed by atoms with Crippen molar-refractivity contribution in [3.63, 3.8) is 0 Å². The van der Waals surface area contributed by atoms with Gasteiger partial charge in [-0.15, -0.1) is 0 Å². The van der Waals surface area contributed by atoms with Crippen molar-refractivity contribution in [3.8, 4) is 0 Å². The van der Waals surface area contributed by atoms with Gasteiger partial charge in [-0.05, 0) is 12.8 Å². The highest BCUT2D eigenvalue weighted by Gasteiger charge is 2.34. The Morgan fingerprint density at radius 3 is 2.72 bits per heavy atom. The molecule has 2 unspecified atom stereocenters. The van der Waals surface area contributed by atoms with Crippen LogP contribution in [-0.4, -0.2) is 55.0 Å². The van der Waals surface area contributed by atoms with Crippen LogP contribution in [0.2, 0.25) is 0 Å². The summed E-state index contributed by atoms with van der Waals surface area (Å²) in [7, 11) is 1.30. The molecule has 1 aliphatic rings. The standard InChI is InChI=1S/C12H21NO5/c1-3-4-5-18-12(16)13-7-9(11(15)17-2)6-10(14)8-13/h9-10,14H,3-8H2,1-2H3. The van der Waals surface area contributed by atoms with E-state index in [0.29, 0.717) is 13.0 Å². The first-order valence-corrected chi connectivity index (χ1v) is 6.26. The highest BCUT2D eigenvalue weighted by molar-refractivity contribution is 5.74. The molecule has 1 amide bonds. The highest BCUT2D eigenvalue weighted by atomic mass is 16.6. The van der Waals surface area contributed by atoms with E-state index >= 15 is 0 Å². The molecule has 1 saturated heterocycles. The van der Waals surface area contributed by atoms with Crippen LogP contribution < -0.4 is 0 Å². The second-order valence-corrected chi connectivity index (χ2v) is 4.48. The molecule has 1 heterocycles. The number of esters is 1. The van der Waals surface area contributed by atoms with Gasteiger partial charge in [-0.1, -0.05) is 13.3 Å². The molecule has 6 heteroatoms. The van der Waals surface area contributed by atoms with Crippen LogP contribution in [-0.2, 0) is 14.3 Å². The molecule has 1 aliphatic heterocycles. The Labute approximate surface area is 107 Å². The summed E-state index contributed by atoms with van der Waals surface area (Å²) in [5.74, 6) is -0.877. The number of aliphatic hydroxyl groups excluding tert-OH is 1. The van der Waals surface area contributed by atoms with Crippen molar-refractivity contribution in [2.24, 2.45) is 5.92 Å². The molecule has 1 fully saturated rings. The van der Waals surface area contributed by atoms with Crippen molar-refractivity contribution >= 4 is 12.1 Å². The summed E-state index contributed by atoms with van der Waals surface area (Å²) in [5, 5.41) is 9.66. The van der Waals surface area contributed by atoms with Crippen molar-refractivity contribution in [2.75, 3.05) is 26.8 Å². The molecule has 0 aromatic rings. The lowest BCUT2D eigenvalue weighted by atomic mass is 9.96. The molecule has 18 heavy (non-hydrogen) atoms. The van der Waals surface area contributed by atoms with E-state index in [1.165, 1.54) is 12.0 Å². The second-order valence-electron chi connectivity index (χ2n) is 4.48. The Morgan fingerprint density at radius 1 is 1.39 bits per heavy atom. The fraction of sp³-hybridized carbons (Fsp3) is 0.833. The number of nitrogens with zero attached hydrogens (tertiary/aromatic N) is 1. The molecule has 0 aliphatic carbocycles. The van der Waals surface area contributed by atoms with Crippen molar-refractivity contribution in [1.82, 2.24) is 4.90 Å². The van der Waals surface area contributed by atoms with Gasteiger partial charge < -0.3 is 19.5 Å². The SMILES string of the molecule is CCCCOC(=O)N1CC(O)CC(C(=O)OC)C1. The number of likely N-dealkylation sites (tertiary alicyclic amines) is 1. The summed E-state index contributed by atoms with van der Waals surface area (Å²) in [4.78, 5) is 24.5. The van der Waals surface area contributed by atoms with E-state index in [-0.39, 0.29) is 13.1 Å². The predicted octanol–water partition coefficient (Wildman–Crippen LogP) is 0.779. The number of carbonyl (C=O) groups is 2. The molecule has 0 aromatic carbocycles. The average Bonchev–Trinajstić information content (AvgIpc) is 2.37. The number of carbonyl (C=O) groups excluding carboxylic acids is 2. The third-order valence-corrected chi connectivity index (χ3v) is 2.94. The molecule has 1 rings (SSSR count). The van der Waals surface area contributed by atoms with Gasteiger partial charge in [0.25, 0.3) is 0 Å². The van der Waals surface area contributed by atoms with Gasteiger partial charge >= 0.3 is 12.1 Å². The Bertz CT molecular complexity index is 294. The molecular weight excluding hydrogens is 238 g/mol. The number of unbranched alkanes of at least 4 members (excludes halogenated alkanes) is 1. The number of amides is 1. The van der Waals surface area contributed by atoms with Gasteiger partial charge in [0.15, 0.2) is 0 Å². The van der Waals surface area contributed by atoms with Crippen LogP contribution in [0.3, 0.4) is 0 Å². The molecule has 0 aromatic heterocycles. The van der Waals surface area contributed by atoms with E-state index in [9.17, 15) is 14.7 Å². The zero-order chi connectivity index (χ0) is 13.5. The van der Waals surface area contributed by atoms with E-state index in [1.807, 2.05) is 6.92 Å². The normalized spacial score (nSPS) is 23.6. The number of aliphatic hydroxyl groups is 1. The number of rotatable bonds is 4. The maximum atomic E-state index is 11.7. The number of β-amino-alcohol motifs (C(OH)–C–C–N with tert-alkyl or cyclic N) is 1. The average molecular weight is 259 g/mol. The van der Waals surface area contributed by atoms with E-state index in [1.54, 1.807) is 0 Å². The van der Waals surface area contributed by atoms with Gasteiger partial charge in [0.05, 0.1) is 25.7 Å². The zero-order valence-electron chi connectivity index (χ0n) is 10.9. The summed E-state index contributed by atoms with van der Waals surface area (Å²) < 4.78 is 9.69. The van der Waals surface area contributed by atoms with Crippen molar-refractivity contribution < 1.29 is 24.2 Å². The lowest BCUT2D eigenvalue weighted by Gasteiger charge is -2.33. The number of hydrogen-bond donors (Lipinski definition) is 1. The van der Waals surface area contributed by atoms with Crippen LogP contribution >= 0.6 is 0 Å². The maximum absolute atomic E-state index is 11.7. The monoisotopic (exact) mass is 259 g/mol. The lowest BCUT2D eigenvalue weighted by Crippen LogP contribution is -2.48. The van der Waals surface area contributed by atoms with E-state index < -0.39 is 24.1 Å². The molecule has 0 saturated carbocycles. The van der Waals surface area contributed by atoms with Gasteiger partial charge in [0.1, 0.15) is 0 Å². The van der Waals surface area contributed by atoms with Crippen LogP contribution in [0.4, 0.5) is 4.79 Å². The minimum atomic E-state index is -0.707. The Morgan fingerprint density at radius 2 is 2.11 bits per heavy atom. The molecule has 2 atom stereocenters. The summed E-state index contributed by atoms with van der Waals surface area (Å²) >= 11 is 0. The lowest BCUT2D eigenvalue weighted by molar-refractivity contribution is -0.148. The Balaban J connectivity index is 2.49. The van der Waals surface area contributed by atoms with Gasteiger partial charge in [0.2, 0.25) is 0 Å². The molecule has 0 bridgehead atoms. The van der Waals surface area contributed by atoms with Crippen molar-refractivity contribution in [1.29, 1.82) is 0 Å². The third-order valence-electron chi connectivity index (χ3n) is 2.94. The maximum Gasteiger partial charge on any atom is 0.409 e. The summed E-state index contributed by atoms with van der Waals surface area (Å²) in [6, 6.07) is 0. The quantitative estimate of drug-likeness (QED) is 0.596. The van der Waals surface area contributed by atoms with Gasteiger partial charge in [0, 0.05) is 13.1 Å². The molecule has 6 nitrogen and oxygen atoms in total. The molecule has 104 valence electrons. The first-order valence-electron chi connectivity index (χ1n) is 6.26. The van der Waals surface area contributed by atoms with Gasteiger partial charge in [-0.25, -0.2) is 4.79 Å². The van der Waals surface area contributed by atoms with Gasteiger partial charge in [-0.2, -0.15) is 0 Å². The number of piperidine rings is 1. The first kappa shape index (κ1) is 14.8. The highest BCUT2D eigenvalue weighted by Crippen LogP contribution is 2.19. The number of methoxy groups -OCH3 is 1. The number of hydrogen-bond acceptors (Lipinski definition) is 5. The van der Waals surface area contributed by atoms with Crippen molar-refractivity contribution in [3.05, 3.63) is 0 Å². The van der Waals surface area contributed by atoms with Gasteiger partial charge in [-0.3, -0.25) is 4.79 Å². The minimum absolute atomic E-state index is 0.207. The van der Waals surface area contributed by atoms with Crippen LogP contribution in [0, 0.1) is 5.92 Å². The summed E-state index contributed by atoms with van der Waals surface area (Å²) in [6.07, 6.45) is 0.895. The topological polar surface area (TPSA) is 76.1 Å². The van der Waals surface area contributed by atoms with Crippen LogP contribution in [0.25, 0.3) is 0 Å². The third kappa shape index (κ3) is 4.18. The molecule has 0 radical (unpaired) electrons. The smallest absolute Gasteiger partial charge is 0.409 e. The van der Waals surface area contributed by atoms with Crippen LogP contribution in [0.1, 0.15) is 26.2 Å². The Kier molecular flexibility index (Phi) is 5.91. The zero-order valence-corrected chi connectivity index (χ0v) is 10.9. The van der Waals surface area contributed by atoms with Crippen LogP contribution in [0.5, 0.6) is 0 Å². The second kappa shape index (κ2) is 7.20. The predicted molar refractivity (Wildman–Crippen MR) is 64.0 cm³/mol. The van der Waals surface area contributed by atoms with Crippen molar-refractivity contribution in [2.45, 2.75) is 32.3 Å². The van der Waals surface area contributed by atoms with E-state index in [0.717, 1.165) is 12.8 Å². The van der Waals surface area contributed by atoms with Crippen LogP contribution in [0.15, 0.2) is 0 Å². The summed E-state index contributed by atoms with van der Waals surface area (Å²) in [6.45, 7) is 2.82.